The summed E-state index contributed by atoms with van der Waals surface area (Å²) in [6.07, 6.45) is 0.645. The number of aryl methyl sites for hydroxylation is 4. The fourth-order valence-electron chi connectivity index (χ4n) is 11.9. The van der Waals surface area contributed by atoms with E-state index in [2.05, 4.69) is 38.0 Å². The van der Waals surface area contributed by atoms with E-state index < -0.39 is 124 Å². The molecule has 1 aliphatic carbocycles. The predicted molar refractivity (Wildman–Crippen MR) is 390 cm³/mol. The summed E-state index contributed by atoms with van der Waals surface area (Å²) in [4.78, 5) is 130. The number of hydrogen-bond acceptors (Lipinski definition) is 19. The van der Waals surface area contributed by atoms with Crippen LogP contribution < -0.4 is 31.9 Å². The number of alkyl carbamates (subject to hydrolysis) is 3. The Morgan fingerprint density at radius 2 is 0.600 bits per heavy atom. The molecule has 8 unspecified atom stereocenters. The minimum Gasteiger partial charge on any atom is -0.481 e. The topological polar surface area (TPSA) is 407 Å². The molecule has 594 valence electrons. The first-order valence-corrected chi connectivity index (χ1v) is 36.8. The Kier molecular flexibility index (Phi) is 41.6. The molecule has 0 aliphatic heterocycles. The number of rotatable bonds is 50. The highest BCUT2D eigenvalue weighted by atomic mass is 16.6. The van der Waals surface area contributed by atoms with E-state index in [1.807, 2.05) is 30.3 Å². The third-order valence-corrected chi connectivity index (χ3v) is 17.3. The zero-order valence-electron chi connectivity index (χ0n) is 64.2. The van der Waals surface area contributed by atoms with Crippen molar-refractivity contribution in [3.05, 3.63) is 69.8 Å². The van der Waals surface area contributed by atoms with Crippen LogP contribution in [-0.2, 0) is 102 Å². The van der Waals surface area contributed by atoms with Gasteiger partial charge < -0.3 is 95.0 Å². The van der Waals surface area contributed by atoms with Gasteiger partial charge in [-0.2, -0.15) is 0 Å². The lowest BCUT2D eigenvalue weighted by Gasteiger charge is -2.29. The van der Waals surface area contributed by atoms with Crippen molar-refractivity contribution in [1.29, 1.82) is 0 Å². The molecule has 29 nitrogen and oxygen atoms in total. The smallest absolute Gasteiger partial charge is 0.407 e. The molecule has 0 spiro atoms. The van der Waals surface area contributed by atoms with Gasteiger partial charge >= 0.3 is 42.2 Å². The molecule has 0 aromatic heterocycles. The van der Waals surface area contributed by atoms with Crippen LogP contribution in [0.4, 0.5) is 14.4 Å². The maximum atomic E-state index is 14.8. The van der Waals surface area contributed by atoms with Crippen LogP contribution in [0.3, 0.4) is 0 Å². The number of carboxylic acid groups (broad SMARTS) is 4. The van der Waals surface area contributed by atoms with Crippen LogP contribution in [0.25, 0.3) is 0 Å². The van der Waals surface area contributed by atoms with E-state index in [-0.39, 0.29) is 169 Å². The third-order valence-electron chi connectivity index (χ3n) is 17.3. The highest BCUT2D eigenvalue weighted by molar-refractivity contribution is 5.84. The van der Waals surface area contributed by atoms with Crippen molar-refractivity contribution >= 4 is 59.9 Å². The zero-order chi connectivity index (χ0) is 78.3. The van der Waals surface area contributed by atoms with E-state index >= 15 is 0 Å². The molecule has 10 N–H and O–H groups in total. The maximum Gasteiger partial charge on any atom is 0.407 e. The predicted octanol–water partition coefficient (Wildman–Crippen LogP) is 8.22. The lowest BCUT2D eigenvalue weighted by molar-refractivity contribution is -0.144. The summed E-state index contributed by atoms with van der Waals surface area (Å²) in [7, 11) is 0. The molecule has 105 heavy (non-hydrogen) atoms. The molecule has 3 rings (SSSR count). The second-order valence-electron chi connectivity index (χ2n) is 30.0. The molecule has 0 saturated carbocycles. The number of carbonyl (C=O) groups is 10. The van der Waals surface area contributed by atoms with Gasteiger partial charge in [0.05, 0.1) is 103 Å². The van der Waals surface area contributed by atoms with Gasteiger partial charge in [-0.15, -0.1) is 0 Å². The van der Waals surface area contributed by atoms with Gasteiger partial charge in [0.25, 0.3) is 0 Å². The molecule has 2 aromatic carbocycles. The lowest BCUT2D eigenvalue weighted by Crippen LogP contribution is -2.41. The third kappa shape index (κ3) is 40.0. The van der Waals surface area contributed by atoms with Gasteiger partial charge in [-0.3, -0.25) is 33.6 Å². The number of fused-ring (bicyclic) bond motifs is 2. The molecule has 0 fully saturated rings. The fraction of sp³-hybridized carbons (Fsp3) is 0.711. The van der Waals surface area contributed by atoms with E-state index in [4.69, 9.17) is 42.6 Å². The summed E-state index contributed by atoms with van der Waals surface area (Å²) in [5.74, 6) is -13.3. The number of hydrogen-bond donors (Lipinski definition) is 10. The summed E-state index contributed by atoms with van der Waals surface area (Å²) in [5.41, 5.74) is 3.82. The first-order chi connectivity index (χ1) is 49.4. The number of nitrogens with one attached hydrogen (secondary N) is 6. The second-order valence-corrected chi connectivity index (χ2v) is 30.0. The van der Waals surface area contributed by atoms with Gasteiger partial charge in [0.1, 0.15) is 16.8 Å². The average molecular weight is 1490 g/mol. The van der Waals surface area contributed by atoms with Crippen LogP contribution in [0, 0.1) is 41.4 Å². The minimum absolute atomic E-state index is 0.0105. The van der Waals surface area contributed by atoms with Gasteiger partial charge in [-0.25, -0.2) is 14.4 Å². The summed E-state index contributed by atoms with van der Waals surface area (Å²) in [6, 6.07) is 12.0. The molecule has 29 heteroatoms. The number of aliphatic carboxylic acids is 4. The van der Waals surface area contributed by atoms with Crippen LogP contribution in [-0.4, -0.2) is 216 Å². The molecule has 1 aliphatic rings. The Morgan fingerprint density at radius 3 is 0.905 bits per heavy atom. The summed E-state index contributed by atoms with van der Waals surface area (Å²) in [6.45, 7) is 24.6. The van der Waals surface area contributed by atoms with E-state index in [1.54, 1.807) is 90.0 Å². The van der Waals surface area contributed by atoms with Crippen molar-refractivity contribution in [3.8, 4) is 0 Å². The Labute approximate surface area is 619 Å². The number of amides is 6. The Morgan fingerprint density at radius 1 is 0.324 bits per heavy atom. The van der Waals surface area contributed by atoms with Gasteiger partial charge in [0.2, 0.25) is 17.7 Å². The van der Waals surface area contributed by atoms with Gasteiger partial charge in [0, 0.05) is 57.0 Å². The van der Waals surface area contributed by atoms with E-state index in [1.165, 1.54) is 0 Å². The molecular weight excluding hydrogens is 1360 g/mol. The van der Waals surface area contributed by atoms with Gasteiger partial charge in [-0.05, 0) is 178 Å². The highest BCUT2D eigenvalue weighted by Crippen LogP contribution is 2.38. The van der Waals surface area contributed by atoms with Gasteiger partial charge in [0.15, 0.2) is 0 Å². The van der Waals surface area contributed by atoms with E-state index in [0.717, 1.165) is 33.4 Å². The molecule has 6 amide bonds. The SMILES string of the molecule is CC(CC(CC(C)C(=O)O)c1ccc2c(c1)CCc1ccc(C(CC(C)C(=O)O)CC(CC(CC(CC(C)C(=O)NCCOCCOCCNC(=O)OC(C)(C)C)C(=O)NCCOCCOCCNC(=O)OC(C)(C)C)C(=O)NCCOCCOCCNC(=O)OC(C)(C)C)C(=O)O)cc1CC2)C(=O)O. The first kappa shape index (κ1) is 91.5. The molecule has 8 atom stereocenters. The molecule has 0 saturated heterocycles. The van der Waals surface area contributed by atoms with Crippen molar-refractivity contribution in [2.75, 3.05) is 119 Å². The summed E-state index contributed by atoms with van der Waals surface area (Å²) < 4.78 is 49.6. The van der Waals surface area contributed by atoms with Crippen molar-refractivity contribution in [2.45, 2.75) is 189 Å². The van der Waals surface area contributed by atoms with Crippen LogP contribution in [0.1, 0.15) is 180 Å². The van der Waals surface area contributed by atoms with Crippen LogP contribution >= 0.6 is 0 Å². The molecular formula is C76H122N6O23. The van der Waals surface area contributed by atoms with Crippen molar-refractivity contribution in [3.63, 3.8) is 0 Å². The highest BCUT2D eigenvalue weighted by Gasteiger charge is 2.36. The maximum absolute atomic E-state index is 14.8. The normalized spacial score (nSPS) is 15.0. The number of ether oxygens (including phenoxy) is 9. The average Bonchev–Trinajstić information content (AvgIpc) is 0.883. The molecule has 0 heterocycles. The Balaban J connectivity index is 1.93. The second kappa shape index (κ2) is 47.8. The largest absolute Gasteiger partial charge is 0.481 e. The number of carboxylic acids is 4. The van der Waals surface area contributed by atoms with Crippen LogP contribution in [0.5, 0.6) is 0 Å². The van der Waals surface area contributed by atoms with E-state index in [0.29, 0.717) is 25.7 Å². The summed E-state index contributed by atoms with van der Waals surface area (Å²) >= 11 is 0. The monoisotopic (exact) mass is 1490 g/mol. The zero-order valence-corrected chi connectivity index (χ0v) is 64.2. The quantitative estimate of drug-likeness (QED) is 0.0220. The van der Waals surface area contributed by atoms with Crippen LogP contribution in [0.2, 0.25) is 0 Å². The Bertz CT molecular complexity index is 3010. The van der Waals surface area contributed by atoms with Crippen molar-refractivity contribution in [2.24, 2.45) is 41.4 Å². The molecule has 2 aromatic rings. The van der Waals surface area contributed by atoms with E-state index in [9.17, 15) is 68.4 Å². The minimum atomic E-state index is -1.26. The summed E-state index contributed by atoms with van der Waals surface area (Å²) in [5, 5.41) is 57.6. The lowest BCUT2D eigenvalue weighted by atomic mass is 9.76. The van der Waals surface area contributed by atoms with Gasteiger partial charge in [-0.1, -0.05) is 64.1 Å². The first-order valence-electron chi connectivity index (χ1n) is 36.8. The van der Waals surface area contributed by atoms with Crippen molar-refractivity contribution < 1.29 is 111 Å². The number of benzene rings is 2. The van der Waals surface area contributed by atoms with Crippen molar-refractivity contribution in [1.82, 2.24) is 31.9 Å². The molecule has 0 bridgehead atoms. The standard InChI is InChI=1S/C76H122N6O23/c1-49(64(83)77-22-28-97-34-37-100-31-25-80-71(94)103-74(5,6)7)40-61(65(84)78-23-29-98-35-38-101-32-26-81-72(95)104-75(8,9)10)47-62(66(85)79-24-30-99-36-39-102-33-27-82-73(96)105-76(11,12)13)48-63(70(92)93)46-60(43-52(4)69(90)91)58-21-17-54-14-18-55-44-57(20-16-53(55)15-19-56(54)45-58)59(41-50(2)67(86)87)42-51(3)68(88)89/h16-17,20-21,44-45,49-52,59-63H,14-15,18-19,22-43,46-48H2,1-13H3,(H,77,83)(H,78,84)(H,79,85)(H,80,94)(H,81,95)(H,82,96)(H,86,87)(H,88,89)(H,90,91)(H,92,93). The number of carbonyl (C=O) groups excluding carboxylic acids is 6. The van der Waals surface area contributed by atoms with Crippen LogP contribution in [0.15, 0.2) is 36.4 Å². The molecule has 0 radical (unpaired) electrons. The fourth-order valence-corrected chi connectivity index (χ4v) is 11.9. The Hall–Kier alpha value is -7.70.